The predicted octanol–water partition coefficient (Wildman–Crippen LogP) is -0.156. The normalized spacial score (nSPS) is 10.5. The van der Waals surface area contributed by atoms with Gasteiger partial charge in [0.2, 0.25) is 11.9 Å². The number of nitrogen functional groups attached to an aromatic ring is 1. The first-order valence-corrected chi connectivity index (χ1v) is 4.54. The van der Waals surface area contributed by atoms with Gasteiger partial charge in [0.05, 0.1) is 0 Å². The average Bonchev–Trinajstić information content (AvgIpc) is 2.47. The fraction of sp³-hybridized carbons (Fsp3) is 0.625. The van der Waals surface area contributed by atoms with Crippen molar-refractivity contribution in [2.24, 2.45) is 0 Å². The molecule has 1 aromatic heterocycles. The molecular formula is C8H15N5O. The molecule has 0 radical (unpaired) electrons. The summed E-state index contributed by atoms with van der Waals surface area (Å²) in [7, 11) is 0. The first-order valence-electron chi connectivity index (χ1n) is 4.54. The number of nitrogens with zero attached hydrogens (tertiary/aromatic N) is 2. The van der Waals surface area contributed by atoms with E-state index in [0.717, 1.165) is 0 Å². The maximum Gasteiger partial charge on any atom is 0.239 e. The summed E-state index contributed by atoms with van der Waals surface area (Å²) in [6.07, 6.45) is 0.926. The number of rotatable bonds is 4. The van der Waals surface area contributed by atoms with Gasteiger partial charge in [0.1, 0.15) is 5.82 Å². The second kappa shape index (κ2) is 4.59. The number of amides is 1. The van der Waals surface area contributed by atoms with E-state index < -0.39 is 0 Å². The third-order valence-corrected chi connectivity index (χ3v) is 1.59. The number of anilines is 1. The van der Waals surface area contributed by atoms with Gasteiger partial charge >= 0.3 is 0 Å². The van der Waals surface area contributed by atoms with Crippen molar-refractivity contribution in [2.75, 3.05) is 5.73 Å². The maximum absolute atomic E-state index is 11.2. The Bertz CT molecular complexity index is 306. The highest BCUT2D eigenvalue weighted by atomic mass is 16.1. The quantitative estimate of drug-likeness (QED) is 0.625. The monoisotopic (exact) mass is 197 g/mol. The van der Waals surface area contributed by atoms with Gasteiger partial charge in [-0.2, -0.15) is 4.98 Å². The average molecular weight is 197 g/mol. The molecule has 0 bridgehead atoms. The zero-order chi connectivity index (χ0) is 10.6. The number of nitrogens with one attached hydrogen (secondary N) is 2. The molecule has 0 fully saturated rings. The number of carbonyl (C=O) groups excluding carboxylic acids is 1. The van der Waals surface area contributed by atoms with Crippen molar-refractivity contribution < 1.29 is 4.79 Å². The van der Waals surface area contributed by atoms with Gasteiger partial charge in [-0.25, -0.2) is 0 Å². The van der Waals surface area contributed by atoms with Crippen LogP contribution in [0.3, 0.4) is 0 Å². The number of hydrogen-bond acceptors (Lipinski definition) is 4. The van der Waals surface area contributed by atoms with Gasteiger partial charge in [0.25, 0.3) is 0 Å². The molecular weight excluding hydrogens is 182 g/mol. The summed E-state index contributed by atoms with van der Waals surface area (Å²) in [5.74, 6) is 0.862. The Labute approximate surface area is 82.3 Å². The number of H-pyrrole nitrogens is 1. The maximum atomic E-state index is 11.2. The molecule has 0 saturated heterocycles. The van der Waals surface area contributed by atoms with Crippen molar-refractivity contribution in [2.45, 2.75) is 32.7 Å². The van der Waals surface area contributed by atoms with Gasteiger partial charge in [-0.15, -0.1) is 5.10 Å². The third kappa shape index (κ3) is 3.42. The minimum atomic E-state index is 0.00923. The zero-order valence-electron chi connectivity index (χ0n) is 8.37. The first-order chi connectivity index (χ1) is 6.58. The Hall–Kier alpha value is -1.59. The molecule has 78 valence electrons. The molecule has 6 nitrogen and oxygen atoms in total. The van der Waals surface area contributed by atoms with Crippen LogP contribution in [-0.2, 0) is 11.2 Å². The van der Waals surface area contributed by atoms with Crippen LogP contribution in [0.4, 0.5) is 5.95 Å². The van der Waals surface area contributed by atoms with E-state index in [9.17, 15) is 4.79 Å². The van der Waals surface area contributed by atoms with Crippen LogP contribution in [0.5, 0.6) is 0 Å². The van der Waals surface area contributed by atoms with Crippen LogP contribution in [0.25, 0.3) is 0 Å². The van der Waals surface area contributed by atoms with Crippen molar-refractivity contribution in [3.63, 3.8) is 0 Å². The lowest BCUT2D eigenvalue weighted by atomic mass is 10.2. The van der Waals surface area contributed by atoms with Crippen LogP contribution in [0.15, 0.2) is 0 Å². The fourth-order valence-electron chi connectivity index (χ4n) is 1.05. The van der Waals surface area contributed by atoms with E-state index in [1.54, 1.807) is 0 Å². The largest absolute Gasteiger partial charge is 0.367 e. The zero-order valence-corrected chi connectivity index (χ0v) is 8.37. The molecule has 0 spiro atoms. The summed E-state index contributed by atoms with van der Waals surface area (Å²) >= 11 is 0. The van der Waals surface area contributed by atoms with Gasteiger partial charge in [-0.1, -0.05) is 0 Å². The Morgan fingerprint density at radius 2 is 2.36 bits per heavy atom. The van der Waals surface area contributed by atoms with Crippen molar-refractivity contribution in [3.8, 4) is 0 Å². The summed E-state index contributed by atoms with van der Waals surface area (Å²) < 4.78 is 0. The smallest absolute Gasteiger partial charge is 0.239 e. The van der Waals surface area contributed by atoms with Crippen LogP contribution >= 0.6 is 0 Å². The number of aromatic amines is 1. The highest BCUT2D eigenvalue weighted by Gasteiger charge is 2.05. The minimum Gasteiger partial charge on any atom is -0.367 e. The summed E-state index contributed by atoms with van der Waals surface area (Å²) in [6.45, 7) is 3.84. The predicted molar refractivity (Wildman–Crippen MR) is 52.4 cm³/mol. The second-order valence-corrected chi connectivity index (χ2v) is 3.36. The summed E-state index contributed by atoms with van der Waals surface area (Å²) in [5, 5.41) is 9.10. The lowest BCUT2D eigenvalue weighted by Crippen LogP contribution is -2.30. The van der Waals surface area contributed by atoms with Gasteiger partial charge in [-0.3, -0.25) is 9.89 Å². The SMILES string of the molecule is CC(C)NC(=O)CCc1nc(N)n[nH]1. The highest BCUT2D eigenvalue weighted by molar-refractivity contribution is 5.76. The number of carbonyl (C=O) groups is 1. The van der Waals surface area contributed by atoms with Crippen LogP contribution in [0.1, 0.15) is 26.1 Å². The molecule has 0 unspecified atom stereocenters. The molecule has 1 rings (SSSR count). The third-order valence-electron chi connectivity index (χ3n) is 1.59. The second-order valence-electron chi connectivity index (χ2n) is 3.36. The van der Waals surface area contributed by atoms with Gasteiger partial charge in [0.15, 0.2) is 0 Å². The number of hydrogen-bond donors (Lipinski definition) is 3. The molecule has 0 aromatic carbocycles. The lowest BCUT2D eigenvalue weighted by Gasteiger charge is -2.06. The van der Waals surface area contributed by atoms with E-state index in [4.69, 9.17) is 5.73 Å². The number of aryl methyl sites for hydroxylation is 1. The van der Waals surface area contributed by atoms with E-state index in [1.165, 1.54) is 0 Å². The lowest BCUT2D eigenvalue weighted by molar-refractivity contribution is -0.121. The summed E-state index contributed by atoms with van der Waals surface area (Å²) in [4.78, 5) is 15.1. The standard InChI is InChI=1S/C8H15N5O/c1-5(2)10-7(14)4-3-6-11-8(9)13-12-6/h5H,3-4H2,1-2H3,(H,10,14)(H3,9,11,12,13). The summed E-state index contributed by atoms with van der Waals surface area (Å²) in [6, 6.07) is 0.169. The Kier molecular flexibility index (Phi) is 3.44. The molecule has 0 aliphatic heterocycles. The molecule has 4 N–H and O–H groups in total. The van der Waals surface area contributed by atoms with Crippen LogP contribution < -0.4 is 11.1 Å². The molecule has 1 amide bonds. The number of aromatic nitrogens is 3. The molecule has 0 atom stereocenters. The molecule has 1 heterocycles. The van der Waals surface area contributed by atoms with E-state index in [-0.39, 0.29) is 17.9 Å². The molecule has 0 aliphatic carbocycles. The van der Waals surface area contributed by atoms with E-state index in [1.807, 2.05) is 13.8 Å². The molecule has 0 saturated carbocycles. The van der Waals surface area contributed by atoms with E-state index in [0.29, 0.717) is 18.7 Å². The van der Waals surface area contributed by atoms with Crippen molar-refractivity contribution >= 4 is 11.9 Å². The molecule has 14 heavy (non-hydrogen) atoms. The van der Waals surface area contributed by atoms with Crippen LogP contribution in [0.2, 0.25) is 0 Å². The van der Waals surface area contributed by atoms with Crippen LogP contribution in [-0.4, -0.2) is 27.1 Å². The molecule has 6 heteroatoms. The van der Waals surface area contributed by atoms with E-state index >= 15 is 0 Å². The van der Waals surface area contributed by atoms with Crippen molar-refractivity contribution in [3.05, 3.63) is 5.82 Å². The van der Waals surface area contributed by atoms with E-state index in [2.05, 4.69) is 20.5 Å². The Morgan fingerprint density at radius 1 is 1.64 bits per heavy atom. The van der Waals surface area contributed by atoms with Gasteiger partial charge in [-0.05, 0) is 13.8 Å². The highest BCUT2D eigenvalue weighted by Crippen LogP contribution is 1.97. The minimum absolute atomic E-state index is 0.00923. The first kappa shape index (κ1) is 10.5. The van der Waals surface area contributed by atoms with Crippen molar-refractivity contribution in [1.29, 1.82) is 0 Å². The Morgan fingerprint density at radius 3 is 2.86 bits per heavy atom. The Balaban J connectivity index is 2.30. The van der Waals surface area contributed by atoms with Gasteiger partial charge < -0.3 is 11.1 Å². The topological polar surface area (TPSA) is 96.7 Å². The molecule has 1 aromatic rings. The van der Waals surface area contributed by atoms with Gasteiger partial charge in [0, 0.05) is 18.9 Å². The summed E-state index contributed by atoms with van der Waals surface area (Å²) in [5.41, 5.74) is 5.31. The van der Waals surface area contributed by atoms with Crippen LogP contribution in [0, 0.1) is 0 Å². The number of nitrogens with two attached hydrogens (primary N) is 1. The fourth-order valence-corrected chi connectivity index (χ4v) is 1.05. The van der Waals surface area contributed by atoms with Crippen molar-refractivity contribution in [1.82, 2.24) is 20.5 Å². The molecule has 0 aliphatic rings.